The average Bonchev–Trinajstić information content (AvgIpc) is 3.22. The van der Waals surface area contributed by atoms with Gasteiger partial charge in [0.25, 0.3) is 0 Å². The molecule has 0 bridgehead atoms. The quantitative estimate of drug-likeness (QED) is 0.0752. The number of carboxylic acids is 1. The molecule has 0 saturated carbocycles. The number of aromatic hydroxyl groups is 2. The number of carboxylic acid groups (broad SMARTS) is 1. The van der Waals surface area contributed by atoms with Crippen LogP contribution in [0.4, 0.5) is 0 Å². The highest BCUT2D eigenvalue weighted by atomic mass is 33.1. The molecule has 3 saturated heterocycles. The molecule has 8 unspecified atom stereocenters. The number of carbonyl (C=O) groups excluding carboxylic acids is 1. The minimum atomic E-state index is -1.79. The second-order valence-electron chi connectivity index (χ2n) is 15.3. The van der Waals surface area contributed by atoms with Gasteiger partial charge in [-0.25, -0.2) is 4.79 Å². The Kier molecular flexibility index (Phi) is 13.8. The van der Waals surface area contributed by atoms with E-state index < -0.39 is 60.1 Å². The first-order valence-electron chi connectivity index (χ1n) is 19.1. The summed E-state index contributed by atoms with van der Waals surface area (Å²) in [6, 6.07) is 11.5. The number of carbonyl (C=O) groups is 2. The average molecular weight is 817 g/mol. The van der Waals surface area contributed by atoms with Crippen molar-refractivity contribution in [1.82, 2.24) is 0 Å². The highest BCUT2D eigenvalue weighted by molar-refractivity contribution is 8.76. The van der Waals surface area contributed by atoms with E-state index in [0.717, 1.165) is 36.3 Å². The largest absolute Gasteiger partial charge is 0.507 e. The van der Waals surface area contributed by atoms with Crippen molar-refractivity contribution in [3.05, 3.63) is 64.7 Å². The molecular weight excluding hydrogens is 765 g/mol. The molecule has 3 heterocycles. The number of ether oxygens (including phenoxy) is 4. The van der Waals surface area contributed by atoms with Gasteiger partial charge >= 0.3 is 5.97 Å². The van der Waals surface area contributed by atoms with E-state index in [2.05, 4.69) is 6.92 Å². The summed E-state index contributed by atoms with van der Waals surface area (Å²) >= 11 is 0. The summed E-state index contributed by atoms with van der Waals surface area (Å²) in [7, 11) is 3.05. The third-order valence-electron chi connectivity index (χ3n) is 12.0. The van der Waals surface area contributed by atoms with Crippen molar-refractivity contribution >= 4 is 44.1 Å². The summed E-state index contributed by atoms with van der Waals surface area (Å²) in [6.45, 7) is 4.24. The molecule has 8 atom stereocenters. The minimum Gasteiger partial charge on any atom is -0.507 e. The molecule has 0 amide bonds. The second-order valence-corrected chi connectivity index (χ2v) is 17.7. The molecule has 3 aromatic carbocycles. The van der Waals surface area contributed by atoms with Gasteiger partial charge in [-0.2, -0.15) is 0 Å². The molecule has 3 aliphatic heterocycles. The summed E-state index contributed by atoms with van der Waals surface area (Å²) < 4.78 is 24.7. The van der Waals surface area contributed by atoms with Crippen LogP contribution in [0, 0.1) is 24.2 Å². The van der Waals surface area contributed by atoms with Gasteiger partial charge in [0.15, 0.2) is 5.78 Å². The van der Waals surface area contributed by atoms with Crippen LogP contribution in [-0.2, 0) is 20.6 Å². The van der Waals surface area contributed by atoms with Crippen molar-refractivity contribution in [3.8, 4) is 17.2 Å². The Morgan fingerprint density at radius 2 is 1.80 bits per heavy atom. The van der Waals surface area contributed by atoms with Crippen molar-refractivity contribution in [2.24, 2.45) is 17.3 Å². The number of aliphatic hydroxyl groups is 4. The first-order valence-corrected chi connectivity index (χ1v) is 21.5. The van der Waals surface area contributed by atoms with E-state index in [-0.39, 0.29) is 75.9 Å². The van der Waals surface area contributed by atoms with Gasteiger partial charge in [-0.05, 0) is 75.0 Å². The van der Waals surface area contributed by atoms with E-state index in [1.807, 2.05) is 30.3 Å². The summed E-state index contributed by atoms with van der Waals surface area (Å²) in [4.78, 5) is 25.9. The number of fused-ring (bicyclic) bond motifs is 2. The maximum Gasteiger partial charge on any atom is 0.335 e. The van der Waals surface area contributed by atoms with E-state index in [1.165, 1.54) is 17.7 Å². The van der Waals surface area contributed by atoms with Crippen molar-refractivity contribution < 1.29 is 64.3 Å². The number of rotatable bonds is 11. The normalized spacial score (nSPS) is 30.0. The number of phenols is 2. The predicted octanol–water partition coefficient (Wildman–Crippen LogP) is 5.21. The molecule has 15 heteroatoms. The molecule has 0 radical (unpaired) electrons. The van der Waals surface area contributed by atoms with Crippen molar-refractivity contribution in [2.45, 2.75) is 89.0 Å². The zero-order chi connectivity index (χ0) is 40.2. The van der Waals surface area contributed by atoms with E-state index in [0.29, 0.717) is 32.5 Å². The highest BCUT2D eigenvalue weighted by Crippen LogP contribution is 2.51. The SMILES string of the molecule is Cc1c(C(=O)CCc2ccccc2)c(O)c2c(OC3OC(CO)C4(CCC(C)C5CCOCC5(CCCO)CSSCO4)C(O)C3O)cc(C(=O)O)cc2c1O. The number of hydrogen-bond donors (Lipinski definition) is 7. The van der Waals surface area contributed by atoms with Crippen LogP contribution in [0.15, 0.2) is 42.5 Å². The standard InChI is InChI=1S/C41H52O13S2/c1-23-11-14-41(52-22-56-55-21-40(13-6-15-42)20-51-16-12-28(23)40)31(19-43)54-39(36(47)37(41)48)53-30-18-26(38(49)50)17-27-33(30)35(46)32(24(2)34(27)45)29(44)10-9-25-7-4-3-5-8-25/h3-5,7-8,17-18,23,28,31,36-37,39,42-43,45-48H,6,9-16,19-22H2,1-2H3,(H,49,50). The Labute approximate surface area is 333 Å². The first-order chi connectivity index (χ1) is 26.9. The molecule has 13 nitrogen and oxygen atoms in total. The van der Waals surface area contributed by atoms with Gasteiger partial charge in [-0.15, -0.1) is 0 Å². The van der Waals surface area contributed by atoms with Gasteiger partial charge in [0.2, 0.25) is 6.29 Å². The van der Waals surface area contributed by atoms with Crippen LogP contribution in [0.25, 0.3) is 10.8 Å². The van der Waals surface area contributed by atoms with Crippen molar-refractivity contribution in [1.29, 1.82) is 0 Å². The second kappa shape index (κ2) is 18.2. The van der Waals surface area contributed by atoms with Crippen LogP contribution in [-0.4, -0.2) is 116 Å². The van der Waals surface area contributed by atoms with Crippen LogP contribution in [0.2, 0.25) is 0 Å². The molecule has 1 spiro atoms. The molecule has 3 fully saturated rings. The maximum atomic E-state index is 13.6. The van der Waals surface area contributed by atoms with Gasteiger partial charge in [-0.1, -0.05) is 58.8 Å². The molecule has 0 aromatic heterocycles. The fourth-order valence-electron chi connectivity index (χ4n) is 8.90. The molecule has 56 heavy (non-hydrogen) atoms. The number of phenolic OH excluding ortho intramolecular Hbond substituents is 2. The van der Waals surface area contributed by atoms with Crippen LogP contribution < -0.4 is 4.74 Å². The molecule has 0 aliphatic carbocycles. The van der Waals surface area contributed by atoms with Crippen molar-refractivity contribution in [3.63, 3.8) is 0 Å². The van der Waals surface area contributed by atoms with E-state index in [1.54, 1.807) is 10.8 Å². The lowest BCUT2D eigenvalue weighted by Crippen LogP contribution is -2.69. The Morgan fingerprint density at radius 3 is 2.52 bits per heavy atom. The van der Waals surface area contributed by atoms with Crippen LogP contribution in [0.1, 0.15) is 77.3 Å². The zero-order valence-corrected chi connectivity index (χ0v) is 33.2. The topological polar surface area (TPSA) is 213 Å². The Hall–Kier alpha value is -3.12. The number of aromatic carboxylic acids is 1. The summed E-state index contributed by atoms with van der Waals surface area (Å²) in [6.07, 6.45) is -2.96. The Balaban J connectivity index is 1.32. The number of benzene rings is 3. The predicted molar refractivity (Wildman–Crippen MR) is 211 cm³/mol. The van der Waals surface area contributed by atoms with Crippen LogP contribution in [0.3, 0.4) is 0 Å². The fraction of sp³-hybridized carbons (Fsp3) is 0.561. The lowest BCUT2D eigenvalue weighted by atomic mass is 9.64. The molecule has 7 N–H and O–H groups in total. The number of Topliss-reactive ketones (excluding diaryl/α,β-unsaturated/α-hetero) is 1. The Bertz CT molecular complexity index is 1860. The minimum absolute atomic E-state index is 0.00273. The number of aliphatic hydroxyl groups excluding tert-OH is 4. The molecule has 6 rings (SSSR count). The van der Waals surface area contributed by atoms with Crippen LogP contribution >= 0.6 is 21.6 Å². The lowest BCUT2D eigenvalue weighted by Gasteiger charge is -2.51. The third kappa shape index (κ3) is 8.38. The zero-order valence-electron chi connectivity index (χ0n) is 31.6. The fourth-order valence-corrected chi connectivity index (χ4v) is 11.3. The van der Waals surface area contributed by atoms with Gasteiger partial charge in [0, 0.05) is 41.8 Å². The third-order valence-corrected chi connectivity index (χ3v) is 14.2. The summed E-state index contributed by atoms with van der Waals surface area (Å²) in [5.74, 6) is -1.95. The smallest absolute Gasteiger partial charge is 0.335 e. The van der Waals surface area contributed by atoms with E-state index >= 15 is 0 Å². The van der Waals surface area contributed by atoms with Gasteiger partial charge in [0.05, 0.1) is 29.7 Å². The highest BCUT2D eigenvalue weighted by Gasteiger charge is 2.58. The number of aryl methyl sites for hydroxylation is 1. The molecular formula is C41H52O13S2. The van der Waals surface area contributed by atoms with E-state index in [4.69, 9.17) is 18.9 Å². The van der Waals surface area contributed by atoms with E-state index in [9.17, 15) is 45.3 Å². The summed E-state index contributed by atoms with van der Waals surface area (Å²) in [5, 5.41) is 76.8. The van der Waals surface area contributed by atoms with Gasteiger partial charge in [0.1, 0.15) is 47.1 Å². The Morgan fingerprint density at radius 1 is 1.04 bits per heavy atom. The first kappa shape index (κ1) is 42.5. The van der Waals surface area contributed by atoms with Gasteiger partial charge < -0.3 is 54.7 Å². The summed E-state index contributed by atoms with van der Waals surface area (Å²) in [5.41, 5.74) is -1.29. The molecule has 3 aliphatic rings. The lowest BCUT2D eigenvalue weighted by molar-refractivity contribution is -0.322. The van der Waals surface area contributed by atoms with Crippen LogP contribution in [0.5, 0.6) is 17.2 Å². The maximum absolute atomic E-state index is 13.6. The number of ketones is 1. The molecule has 306 valence electrons. The molecule has 3 aromatic rings. The van der Waals surface area contributed by atoms with Gasteiger partial charge in [-0.3, -0.25) is 4.79 Å². The number of hydrogen-bond acceptors (Lipinski definition) is 14. The van der Waals surface area contributed by atoms with Crippen molar-refractivity contribution in [2.75, 3.05) is 38.1 Å². The monoisotopic (exact) mass is 816 g/mol.